The number of nitrogens with two attached hydrogens (primary N) is 1. The fourth-order valence-electron chi connectivity index (χ4n) is 2.34. The molecule has 0 atom stereocenters. The van der Waals surface area contributed by atoms with Crippen LogP contribution in [0.5, 0.6) is 0 Å². The normalized spacial score (nSPS) is 11.0. The number of nitrogen functional groups attached to an aromatic ring is 1. The van der Waals surface area contributed by atoms with Gasteiger partial charge in [0.25, 0.3) is 0 Å². The fourth-order valence-corrected chi connectivity index (χ4v) is 2.34. The van der Waals surface area contributed by atoms with Gasteiger partial charge in [0.15, 0.2) is 0 Å². The highest BCUT2D eigenvalue weighted by molar-refractivity contribution is 6.64. The molecule has 3 aromatic rings. The molecule has 0 unspecified atom stereocenters. The van der Waals surface area contributed by atoms with E-state index in [4.69, 9.17) is 5.73 Å². The van der Waals surface area contributed by atoms with Crippen LogP contribution in [0.15, 0.2) is 48.5 Å². The van der Waals surface area contributed by atoms with Gasteiger partial charge in [-0.2, -0.15) is 0 Å². The molecule has 0 aliphatic carbocycles. The molecule has 0 saturated heterocycles. The molecule has 88 valence electrons. The standard InChI is InChI=1S/C14H12BNO2/c16-13-6-5-11-7-9-3-1-2-4-10(9)8-12(11)14(13)15(17)18/h1-8,17-18H,16H2. The molecule has 0 aliphatic heterocycles. The van der Waals surface area contributed by atoms with Crippen molar-refractivity contribution in [3.63, 3.8) is 0 Å². The van der Waals surface area contributed by atoms with Gasteiger partial charge in [0, 0.05) is 11.2 Å². The van der Waals surface area contributed by atoms with Gasteiger partial charge in [-0.15, -0.1) is 0 Å². The molecule has 4 heteroatoms. The zero-order chi connectivity index (χ0) is 12.7. The molecule has 0 saturated carbocycles. The highest BCUT2D eigenvalue weighted by atomic mass is 16.4. The van der Waals surface area contributed by atoms with E-state index >= 15 is 0 Å². The van der Waals surface area contributed by atoms with E-state index in [9.17, 15) is 10.0 Å². The molecule has 0 aliphatic rings. The summed E-state index contributed by atoms with van der Waals surface area (Å²) >= 11 is 0. The lowest BCUT2D eigenvalue weighted by Gasteiger charge is -2.10. The lowest BCUT2D eigenvalue weighted by atomic mass is 9.75. The van der Waals surface area contributed by atoms with Crippen LogP contribution in [0.1, 0.15) is 0 Å². The van der Waals surface area contributed by atoms with Crippen LogP contribution in [0.4, 0.5) is 5.69 Å². The van der Waals surface area contributed by atoms with Gasteiger partial charge in [-0.3, -0.25) is 0 Å². The van der Waals surface area contributed by atoms with Crippen LogP contribution in [-0.2, 0) is 0 Å². The molecule has 0 aromatic heterocycles. The van der Waals surface area contributed by atoms with Crippen LogP contribution >= 0.6 is 0 Å². The highest BCUT2D eigenvalue weighted by Gasteiger charge is 2.18. The Morgan fingerprint density at radius 2 is 1.50 bits per heavy atom. The van der Waals surface area contributed by atoms with Gasteiger partial charge in [-0.05, 0) is 39.7 Å². The minimum atomic E-state index is -1.56. The molecule has 0 radical (unpaired) electrons. The molecule has 0 fully saturated rings. The van der Waals surface area contributed by atoms with E-state index in [0.29, 0.717) is 11.2 Å². The van der Waals surface area contributed by atoms with E-state index in [1.165, 1.54) is 0 Å². The van der Waals surface area contributed by atoms with Gasteiger partial charge in [0.2, 0.25) is 0 Å². The van der Waals surface area contributed by atoms with Crippen LogP contribution in [0.3, 0.4) is 0 Å². The number of rotatable bonds is 1. The third-order valence-electron chi connectivity index (χ3n) is 3.22. The molecule has 0 amide bonds. The number of hydrogen-bond acceptors (Lipinski definition) is 3. The predicted molar refractivity (Wildman–Crippen MR) is 75.7 cm³/mol. The van der Waals surface area contributed by atoms with E-state index in [1.54, 1.807) is 6.07 Å². The maximum Gasteiger partial charge on any atom is 0.491 e. The minimum Gasteiger partial charge on any atom is -0.423 e. The Balaban J connectivity index is 2.46. The molecule has 0 spiro atoms. The second-order valence-corrected chi connectivity index (χ2v) is 4.36. The first-order valence-electron chi connectivity index (χ1n) is 5.74. The summed E-state index contributed by atoms with van der Waals surface area (Å²) in [6.07, 6.45) is 0. The summed E-state index contributed by atoms with van der Waals surface area (Å²) in [5.74, 6) is 0. The van der Waals surface area contributed by atoms with Crippen molar-refractivity contribution in [1.82, 2.24) is 0 Å². The van der Waals surface area contributed by atoms with Gasteiger partial charge in [-0.25, -0.2) is 0 Å². The quantitative estimate of drug-likeness (QED) is 0.339. The second-order valence-electron chi connectivity index (χ2n) is 4.36. The Kier molecular flexibility index (Phi) is 2.47. The average Bonchev–Trinajstić information content (AvgIpc) is 2.36. The number of anilines is 1. The molecular weight excluding hydrogens is 225 g/mol. The van der Waals surface area contributed by atoms with Gasteiger partial charge in [0.05, 0.1) is 0 Å². The van der Waals surface area contributed by atoms with Crippen molar-refractivity contribution in [1.29, 1.82) is 0 Å². The summed E-state index contributed by atoms with van der Waals surface area (Å²) < 4.78 is 0. The van der Waals surface area contributed by atoms with E-state index in [0.717, 1.165) is 21.5 Å². The van der Waals surface area contributed by atoms with Gasteiger partial charge in [-0.1, -0.05) is 30.3 Å². The maximum absolute atomic E-state index is 9.45. The third kappa shape index (κ3) is 1.63. The lowest BCUT2D eigenvalue weighted by Crippen LogP contribution is -2.33. The topological polar surface area (TPSA) is 66.5 Å². The summed E-state index contributed by atoms with van der Waals surface area (Å²) in [5.41, 5.74) is 6.58. The van der Waals surface area contributed by atoms with Crippen LogP contribution in [0, 0.1) is 0 Å². The van der Waals surface area contributed by atoms with Crippen LogP contribution in [0.2, 0.25) is 0 Å². The maximum atomic E-state index is 9.45. The van der Waals surface area contributed by atoms with Crippen LogP contribution in [-0.4, -0.2) is 17.2 Å². The van der Waals surface area contributed by atoms with Crippen molar-refractivity contribution < 1.29 is 10.0 Å². The molecule has 4 N–H and O–H groups in total. The first-order chi connectivity index (χ1) is 8.66. The summed E-state index contributed by atoms with van der Waals surface area (Å²) in [4.78, 5) is 0. The van der Waals surface area contributed by atoms with E-state index in [-0.39, 0.29) is 0 Å². The summed E-state index contributed by atoms with van der Waals surface area (Å²) in [6, 6.07) is 15.5. The van der Waals surface area contributed by atoms with Crippen molar-refractivity contribution in [3.8, 4) is 0 Å². The Morgan fingerprint density at radius 1 is 0.833 bits per heavy atom. The highest BCUT2D eigenvalue weighted by Crippen LogP contribution is 2.23. The molecule has 3 nitrogen and oxygen atoms in total. The van der Waals surface area contributed by atoms with Crippen molar-refractivity contribution in [2.45, 2.75) is 0 Å². The third-order valence-corrected chi connectivity index (χ3v) is 3.22. The second kappa shape index (κ2) is 4.01. The smallest absolute Gasteiger partial charge is 0.423 e. The summed E-state index contributed by atoms with van der Waals surface area (Å²) in [5, 5.41) is 22.8. The Morgan fingerprint density at radius 3 is 2.17 bits per heavy atom. The van der Waals surface area contributed by atoms with Crippen molar-refractivity contribution in [2.75, 3.05) is 5.73 Å². The number of benzene rings is 3. The SMILES string of the molecule is Nc1ccc2cc3ccccc3cc2c1B(O)O. The molecule has 0 heterocycles. The largest absolute Gasteiger partial charge is 0.491 e. The molecule has 3 aromatic carbocycles. The minimum absolute atomic E-state index is 0.373. The van der Waals surface area contributed by atoms with E-state index < -0.39 is 7.12 Å². The summed E-state index contributed by atoms with van der Waals surface area (Å²) in [6.45, 7) is 0. The summed E-state index contributed by atoms with van der Waals surface area (Å²) in [7, 11) is -1.56. The number of fused-ring (bicyclic) bond motifs is 2. The first kappa shape index (κ1) is 11.1. The van der Waals surface area contributed by atoms with Gasteiger partial charge >= 0.3 is 7.12 Å². The van der Waals surface area contributed by atoms with Crippen molar-refractivity contribution in [3.05, 3.63) is 48.5 Å². The Bertz CT molecular complexity index is 740. The zero-order valence-corrected chi connectivity index (χ0v) is 9.67. The zero-order valence-electron chi connectivity index (χ0n) is 9.67. The monoisotopic (exact) mass is 237 g/mol. The van der Waals surface area contributed by atoms with Crippen LogP contribution in [0.25, 0.3) is 21.5 Å². The number of hydrogen-bond donors (Lipinski definition) is 3. The first-order valence-corrected chi connectivity index (χ1v) is 5.74. The fraction of sp³-hybridized carbons (Fsp3) is 0. The molecule has 0 bridgehead atoms. The van der Waals surface area contributed by atoms with Gasteiger partial charge < -0.3 is 15.8 Å². The van der Waals surface area contributed by atoms with Crippen LogP contribution < -0.4 is 11.2 Å². The van der Waals surface area contributed by atoms with Crippen molar-refractivity contribution in [2.24, 2.45) is 0 Å². The lowest BCUT2D eigenvalue weighted by molar-refractivity contribution is 0.426. The predicted octanol–water partition coefficient (Wildman–Crippen LogP) is 1.25. The van der Waals surface area contributed by atoms with Gasteiger partial charge in [0.1, 0.15) is 0 Å². The Hall–Kier alpha value is -2.04. The van der Waals surface area contributed by atoms with E-state index in [1.807, 2.05) is 42.5 Å². The van der Waals surface area contributed by atoms with E-state index in [2.05, 4.69) is 0 Å². The molecular formula is C14H12BNO2. The molecule has 18 heavy (non-hydrogen) atoms. The Labute approximate surface area is 105 Å². The molecule has 3 rings (SSSR count). The van der Waals surface area contributed by atoms with Crippen molar-refractivity contribution >= 4 is 39.8 Å². The average molecular weight is 237 g/mol.